The lowest BCUT2D eigenvalue weighted by atomic mass is 10.2. The SMILES string of the molecule is O=C1NC(=O)/C(=C\c2cnn3c(NC4CCNC4)cc(Nc4cccc(Cl)c4)nc23)N1. The number of hydrogen-bond donors (Lipinski definition) is 5. The number of amides is 3. The van der Waals surface area contributed by atoms with E-state index in [4.69, 9.17) is 11.6 Å². The van der Waals surface area contributed by atoms with Gasteiger partial charge in [-0.15, -0.1) is 0 Å². The molecule has 0 saturated carbocycles. The van der Waals surface area contributed by atoms with E-state index < -0.39 is 11.9 Å². The lowest BCUT2D eigenvalue weighted by Crippen LogP contribution is -2.23. The first kappa shape index (κ1) is 19.3. The number of nitrogens with zero attached hydrogens (tertiary/aromatic N) is 3. The summed E-state index contributed by atoms with van der Waals surface area (Å²) in [6.45, 7) is 1.80. The first-order valence-corrected chi connectivity index (χ1v) is 10.2. The minimum atomic E-state index is -0.555. The fourth-order valence-corrected chi connectivity index (χ4v) is 3.78. The molecule has 0 aliphatic carbocycles. The van der Waals surface area contributed by atoms with Gasteiger partial charge < -0.3 is 21.3 Å². The van der Waals surface area contributed by atoms with Crippen LogP contribution in [0.15, 0.2) is 42.2 Å². The van der Waals surface area contributed by atoms with Gasteiger partial charge in [0.25, 0.3) is 5.91 Å². The topological polar surface area (TPSA) is 124 Å². The van der Waals surface area contributed by atoms with E-state index in [0.29, 0.717) is 22.1 Å². The Morgan fingerprint density at radius 1 is 1.23 bits per heavy atom. The minimum absolute atomic E-state index is 0.143. The molecule has 2 aromatic heterocycles. The Morgan fingerprint density at radius 2 is 2.13 bits per heavy atom. The smallest absolute Gasteiger partial charge is 0.326 e. The van der Waals surface area contributed by atoms with Crippen molar-refractivity contribution in [1.82, 2.24) is 30.5 Å². The molecule has 11 heteroatoms. The molecule has 158 valence electrons. The Labute approximate surface area is 182 Å². The summed E-state index contributed by atoms with van der Waals surface area (Å²) in [7, 11) is 0. The molecule has 3 aromatic rings. The summed E-state index contributed by atoms with van der Waals surface area (Å²) in [5.74, 6) is 0.851. The second kappa shape index (κ2) is 7.89. The monoisotopic (exact) mass is 438 g/mol. The predicted octanol–water partition coefficient (Wildman–Crippen LogP) is 2.08. The minimum Gasteiger partial charge on any atom is -0.366 e. The third kappa shape index (κ3) is 4.03. The third-order valence-electron chi connectivity index (χ3n) is 5.03. The van der Waals surface area contributed by atoms with Crippen molar-refractivity contribution in [2.45, 2.75) is 12.5 Å². The van der Waals surface area contributed by atoms with E-state index in [2.05, 4.69) is 36.7 Å². The molecule has 0 spiro atoms. The largest absolute Gasteiger partial charge is 0.366 e. The number of aromatic nitrogens is 3. The Morgan fingerprint density at radius 3 is 2.87 bits per heavy atom. The molecule has 3 amide bonds. The normalized spacial score (nSPS) is 19.6. The molecule has 1 atom stereocenters. The van der Waals surface area contributed by atoms with Gasteiger partial charge in [0.05, 0.1) is 6.20 Å². The van der Waals surface area contributed by atoms with Crippen LogP contribution in [0, 0.1) is 0 Å². The van der Waals surface area contributed by atoms with Crippen molar-refractivity contribution in [3.8, 4) is 0 Å². The van der Waals surface area contributed by atoms with Crippen LogP contribution >= 0.6 is 11.6 Å². The van der Waals surface area contributed by atoms with Crippen molar-refractivity contribution in [3.63, 3.8) is 0 Å². The van der Waals surface area contributed by atoms with Gasteiger partial charge in [0, 0.05) is 34.9 Å². The summed E-state index contributed by atoms with van der Waals surface area (Å²) in [6.07, 6.45) is 4.15. The molecule has 2 fully saturated rings. The lowest BCUT2D eigenvalue weighted by Gasteiger charge is -2.16. The summed E-state index contributed by atoms with van der Waals surface area (Å²) in [4.78, 5) is 28.0. The second-order valence-corrected chi connectivity index (χ2v) is 7.73. The number of nitrogens with one attached hydrogen (secondary N) is 5. The zero-order valence-corrected chi connectivity index (χ0v) is 17.0. The summed E-state index contributed by atoms with van der Waals surface area (Å²) >= 11 is 6.11. The number of rotatable bonds is 5. The number of carbonyl (C=O) groups excluding carboxylic acids is 2. The van der Waals surface area contributed by atoms with Crippen molar-refractivity contribution in [3.05, 3.63) is 52.8 Å². The van der Waals surface area contributed by atoms with E-state index in [1.54, 1.807) is 28.9 Å². The van der Waals surface area contributed by atoms with Crippen molar-refractivity contribution in [2.24, 2.45) is 0 Å². The highest BCUT2D eigenvalue weighted by Crippen LogP contribution is 2.25. The first-order chi connectivity index (χ1) is 15.0. The average molecular weight is 439 g/mol. The average Bonchev–Trinajstić information content (AvgIpc) is 3.44. The number of hydrogen-bond acceptors (Lipinski definition) is 7. The molecule has 10 nitrogen and oxygen atoms in total. The Balaban J connectivity index is 1.57. The molecular weight excluding hydrogens is 420 g/mol. The molecule has 1 unspecified atom stereocenters. The molecule has 0 radical (unpaired) electrons. The fourth-order valence-electron chi connectivity index (χ4n) is 3.59. The predicted molar refractivity (Wildman–Crippen MR) is 117 cm³/mol. The van der Waals surface area contributed by atoms with Crippen molar-refractivity contribution >= 4 is 52.6 Å². The van der Waals surface area contributed by atoms with Crippen molar-refractivity contribution < 1.29 is 9.59 Å². The molecule has 4 heterocycles. The first-order valence-electron chi connectivity index (χ1n) is 9.78. The Kier molecular flexibility index (Phi) is 4.92. The van der Waals surface area contributed by atoms with E-state index in [1.165, 1.54) is 0 Å². The highest BCUT2D eigenvalue weighted by Gasteiger charge is 2.24. The molecule has 5 N–H and O–H groups in total. The van der Waals surface area contributed by atoms with Gasteiger partial charge in [-0.2, -0.15) is 9.61 Å². The summed E-state index contributed by atoms with van der Waals surface area (Å²) in [6, 6.07) is 8.92. The molecule has 5 rings (SSSR count). The number of anilines is 3. The fraction of sp³-hybridized carbons (Fsp3) is 0.200. The van der Waals surface area contributed by atoms with E-state index in [1.807, 2.05) is 18.2 Å². The van der Waals surface area contributed by atoms with Crippen molar-refractivity contribution in [2.75, 3.05) is 23.7 Å². The Hall–Kier alpha value is -3.63. The second-order valence-electron chi connectivity index (χ2n) is 7.30. The lowest BCUT2D eigenvalue weighted by molar-refractivity contribution is -0.115. The van der Waals surface area contributed by atoms with Gasteiger partial charge in [-0.3, -0.25) is 10.1 Å². The van der Waals surface area contributed by atoms with E-state index in [0.717, 1.165) is 31.0 Å². The zero-order chi connectivity index (χ0) is 21.4. The number of carbonyl (C=O) groups is 2. The van der Waals surface area contributed by atoms with Crippen LogP contribution in [0.1, 0.15) is 12.0 Å². The maximum absolute atomic E-state index is 11.9. The summed E-state index contributed by atoms with van der Waals surface area (Å²) in [5.41, 5.74) is 2.06. The maximum atomic E-state index is 11.9. The van der Waals surface area contributed by atoms with Crippen LogP contribution in [0.2, 0.25) is 5.02 Å². The van der Waals surface area contributed by atoms with Crippen LogP contribution in [0.4, 0.5) is 22.1 Å². The van der Waals surface area contributed by atoms with E-state index in [9.17, 15) is 9.59 Å². The number of benzene rings is 1. The van der Waals surface area contributed by atoms with Gasteiger partial charge in [0.15, 0.2) is 5.65 Å². The van der Waals surface area contributed by atoms with Gasteiger partial charge in [-0.05, 0) is 37.2 Å². The quantitative estimate of drug-likeness (QED) is 0.305. The van der Waals surface area contributed by atoms with Crippen LogP contribution in [0.5, 0.6) is 0 Å². The van der Waals surface area contributed by atoms with Crippen LogP contribution in [-0.2, 0) is 4.79 Å². The molecule has 0 bridgehead atoms. The van der Waals surface area contributed by atoms with E-state index in [-0.39, 0.29) is 11.7 Å². The molecule has 1 aromatic carbocycles. The van der Waals surface area contributed by atoms with Crippen LogP contribution in [-0.4, -0.2) is 45.7 Å². The molecular formula is C20H19ClN8O2. The summed E-state index contributed by atoms with van der Waals surface area (Å²) in [5, 5.41) is 19.8. The molecule has 2 saturated heterocycles. The van der Waals surface area contributed by atoms with Gasteiger partial charge in [0.2, 0.25) is 0 Å². The molecule has 2 aliphatic heterocycles. The summed E-state index contributed by atoms with van der Waals surface area (Å²) < 4.78 is 1.68. The number of urea groups is 1. The third-order valence-corrected chi connectivity index (χ3v) is 5.26. The van der Waals surface area contributed by atoms with Crippen LogP contribution < -0.4 is 26.6 Å². The molecule has 2 aliphatic rings. The van der Waals surface area contributed by atoms with Gasteiger partial charge in [-0.1, -0.05) is 17.7 Å². The van der Waals surface area contributed by atoms with Crippen LogP contribution in [0.3, 0.4) is 0 Å². The molecule has 31 heavy (non-hydrogen) atoms. The van der Waals surface area contributed by atoms with Gasteiger partial charge >= 0.3 is 6.03 Å². The van der Waals surface area contributed by atoms with Crippen molar-refractivity contribution in [1.29, 1.82) is 0 Å². The van der Waals surface area contributed by atoms with Gasteiger partial charge in [-0.25, -0.2) is 9.78 Å². The van der Waals surface area contributed by atoms with Gasteiger partial charge in [0.1, 0.15) is 17.3 Å². The number of imide groups is 1. The van der Waals surface area contributed by atoms with E-state index >= 15 is 0 Å². The zero-order valence-electron chi connectivity index (χ0n) is 16.3. The standard InChI is InChI=1S/C20H19ClN8O2/c21-12-2-1-3-13(7-12)24-16-8-17(25-14-4-5-22-10-14)29-18(27-16)11(9-23-29)6-15-19(30)28-20(31)26-15/h1-3,6-9,14,22,25H,4-5,10H2,(H,24,27)(H2,26,28,30,31)/b15-6+. The number of halogens is 1. The Bertz CT molecular complexity index is 1220. The highest BCUT2D eigenvalue weighted by atomic mass is 35.5. The maximum Gasteiger partial charge on any atom is 0.326 e. The van der Waals surface area contributed by atoms with Crippen LogP contribution in [0.25, 0.3) is 11.7 Å². The number of fused-ring (bicyclic) bond motifs is 1. The highest BCUT2D eigenvalue weighted by molar-refractivity contribution is 6.30.